The van der Waals surface area contributed by atoms with Crippen molar-refractivity contribution in [2.45, 2.75) is 19.0 Å². The van der Waals surface area contributed by atoms with Crippen molar-refractivity contribution >= 4 is 11.4 Å². The van der Waals surface area contributed by atoms with E-state index >= 15 is 0 Å². The Labute approximate surface area is 101 Å². The summed E-state index contributed by atoms with van der Waals surface area (Å²) in [7, 11) is 0. The van der Waals surface area contributed by atoms with Crippen LogP contribution in [0.5, 0.6) is 0 Å². The van der Waals surface area contributed by atoms with Crippen molar-refractivity contribution in [1.82, 2.24) is 0 Å². The Balaban J connectivity index is 2.28. The Morgan fingerprint density at radius 1 is 1.39 bits per heavy atom. The van der Waals surface area contributed by atoms with Crippen LogP contribution in [-0.2, 0) is 6.18 Å². The third kappa shape index (κ3) is 2.91. The maximum atomic E-state index is 12.8. The zero-order chi connectivity index (χ0) is 13.3. The number of nitro benzene ring substituents is 1. The molecule has 0 bridgehead atoms. The van der Waals surface area contributed by atoms with Gasteiger partial charge >= 0.3 is 6.18 Å². The fourth-order valence-corrected chi connectivity index (χ4v) is 1.61. The first-order valence-electron chi connectivity index (χ1n) is 5.47. The summed E-state index contributed by atoms with van der Waals surface area (Å²) in [4.78, 5) is 9.65. The molecule has 0 spiro atoms. The number of alkyl halides is 3. The van der Waals surface area contributed by atoms with Gasteiger partial charge in [-0.1, -0.05) is 0 Å². The minimum absolute atomic E-state index is 0.0972. The standard InChI is InChI=1S/C11H11F3N2O2/c12-11(13,14)9-5-8(16(17)18)3-4-10(9)15-6-7-1-2-7/h3-5,7,15H,1-2,6H2. The van der Waals surface area contributed by atoms with Crippen molar-refractivity contribution < 1.29 is 18.1 Å². The van der Waals surface area contributed by atoms with Crippen LogP contribution in [0.3, 0.4) is 0 Å². The van der Waals surface area contributed by atoms with Gasteiger partial charge in [0.2, 0.25) is 0 Å². The maximum Gasteiger partial charge on any atom is 0.418 e. The second kappa shape index (κ2) is 4.47. The molecule has 98 valence electrons. The second-order valence-electron chi connectivity index (χ2n) is 4.31. The summed E-state index contributed by atoms with van der Waals surface area (Å²) >= 11 is 0. The molecule has 0 amide bonds. The van der Waals surface area contributed by atoms with Gasteiger partial charge in [0.15, 0.2) is 0 Å². The summed E-state index contributed by atoms with van der Waals surface area (Å²) in [6.07, 6.45) is -2.57. The molecule has 0 heterocycles. The first-order chi connectivity index (χ1) is 8.38. The molecular weight excluding hydrogens is 249 g/mol. The molecule has 0 radical (unpaired) electrons. The Hall–Kier alpha value is -1.79. The summed E-state index contributed by atoms with van der Waals surface area (Å²) in [5, 5.41) is 13.2. The summed E-state index contributed by atoms with van der Waals surface area (Å²) < 4.78 is 38.3. The van der Waals surface area contributed by atoms with Crippen LogP contribution in [0.1, 0.15) is 18.4 Å². The lowest BCUT2D eigenvalue weighted by molar-refractivity contribution is -0.385. The van der Waals surface area contributed by atoms with Crippen LogP contribution in [0.15, 0.2) is 18.2 Å². The van der Waals surface area contributed by atoms with E-state index in [1.807, 2.05) is 0 Å². The van der Waals surface area contributed by atoms with Crippen LogP contribution in [0.2, 0.25) is 0 Å². The van der Waals surface area contributed by atoms with E-state index in [2.05, 4.69) is 5.32 Å². The lowest BCUT2D eigenvalue weighted by Crippen LogP contribution is -2.12. The fraction of sp³-hybridized carbons (Fsp3) is 0.455. The number of anilines is 1. The number of rotatable bonds is 4. The average molecular weight is 260 g/mol. The zero-order valence-electron chi connectivity index (χ0n) is 9.33. The van der Waals surface area contributed by atoms with Crippen molar-refractivity contribution in [3.05, 3.63) is 33.9 Å². The Kier molecular flexibility index (Phi) is 3.14. The van der Waals surface area contributed by atoms with Gasteiger partial charge in [-0.2, -0.15) is 13.2 Å². The molecule has 1 aromatic carbocycles. The number of halogens is 3. The average Bonchev–Trinajstić information content (AvgIpc) is 3.08. The van der Waals surface area contributed by atoms with E-state index in [0.717, 1.165) is 25.0 Å². The smallest absolute Gasteiger partial charge is 0.384 e. The molecular formula is C11H11F3N2O2. The lowest BCUT2D eigenvalue weighted by atomic mass is 10.1. The molecule has 4 nitrogen and oxygen atoms in total. The predicted molar refractivity (Wildman–Crippen MR) is 59.3 cm³/mol. The van der Waals surface area contributed by atoms with Gasteiger partial charge in [0, 0.05) is 24.4 Å². The van der Waals surface area contributed by atoms with E-state index < -0.39 is 22.4 Å². The SMILES string of the molecule is O=[N+]([O-])c1ccc(NCC2CC2)c(C(F)(F)F)c1. The molecule has 1 aromatic rings. The van der Waals surface area contributed by atoms with E-state index in [1.165, 1.54) is 0 Å². The first kappa shape index (κ1) is 12.7. The van der Waals surface area contributed by atoms with Gasteiger partial charge in [0.1, 0.15) is 0 Å². The third-order valence-electron chi connectivity index (χ3n) is 2.80. The molecule has 2 rings (SSSR count). The van der Waals surface area contributed by atoms with Gasteiger partial charge in [-0.05, 0) is 24.8 Å². The Morgan fingerprint density at radius 3 is 2.56 bits per heavy atom. The number of nitro groups is 1. The normalized spacial score (nSPS) is 15.5. The molecule has 1 saturated carbocycles. The van der Waals surface area contributed by atoms with Crippen LogP contribution >= 0.6 is 0 Å². The van der Waals surface area contributed by atoms with Crippen molar-refractivity contribution in [1.29, 1.82) is 0 Å². The van der Waals surface area contributed by atoms with Crippen molar-refractivity contribution in [2.24, 2.45) is 5.92 Å². The van der Waals surface area contributed by atoms with E-state index in [4.69, 9.17) is 0 Å². The van der Waals surface area contributed by atoms with E-state index in [1.54, 1.807) is 0 Å². The van der Waals surface area contributed by atoms with Crippen LogP contribution in [-0.4, -0.2) is 11.5 Å². The van der Waals surface area contributed by atoms with Gasteiger partial charge < -0.3 is 5.32 Å². The van der Waals surface area contributed by atoms with Crippen molar-refractivity contribution in [3.8, 4) is 0 Å². The number of non-ortho nitro benzene ring substituents is 1. The number of nitrogens with zero attached hydrogens (tertiary/aromatic N) is 1. The molecule has 1 N–H and O–H groups in total. The van der Waals surface area contributed by atoms with Gasteiger partial charge in [-0.25, -0.2) is 0 Å². The quantitative estimate of drug-likeness (QED) is 0.666. The molecule has 0 aromatic heterocycles. The highest BCUT2D eigenvalue weighted by Gasteiger charge is 2.35. The molecule has 0 aliphatic heterocycles. The second-order valence-corrected chi connectivity index (χ2v) is 4.31. The molecule has 0 unspecified atom stereocenters. The highest BCUT2D eigenvalue weighted by atomic mass is 19.4. The van der Waals surface area contributed by atoms with E-state index in [9.17, 15) is 23.3 Å². The minimum Gasteiger partial charge on any atom is -0.384 e. The van der Waals surface area contributed by atoms with Crippen LogP contribution in [0.25, 0.3) is 0 Å². The summed E-state index contributed by atoms with van der Waals surface area (Å²) in [6, 6.07) is 2.75. The van der Waals surface area contributed by atoms with Gasteiger partial charge in [-0.15, -0.1) is 0 Å². The Morgan fingerprint density at radius 2 is 2.06 bits per heavy atom. The van der Waals surface area contributed by atoms with Crippen molar-refractivity contribution in [3.63, 3.8) is 0 Å². The van der Waals surface area contributed by atoms with Gasteiger partial charge in [-0.3, -0.25) is 10.1 Å². The number of hydrogen-bond acceptors (Lipinski definition) is 3. The van der Waals surface area contributed by atoms with Gasteiger partial charge in [0.05, 0.1) is 10.5 Å². The number of hydrogen-bond donors (Lipinski definition) is 1. The molecule has 0 saturated heterocycles. The summed E-state index contributed by atoms with van der Waals surface area (Å²) in [5.41, 5.74) is -1.64. The lowest BCUT2D eigenvalue weighted by Gasteiger charge is -2.14. The highest BCUT2D eigenvalue weighted by Crippen LogP contribution is 2.38. The highest BCUT2D eigenvalue weighted by molar-refractivity contribution is 5.57. The van der Waals surface area contributed by atoms with E-state index in [0.29, 0.717) is 18.5 Å². The monoisotopic (exact) mass is 260 g/mol. The topological polar surface area (TPSA) is 55.2 Å². The van der Waals surface area contributed by atoms with Gasteiger partial charge in [0.25, 0.3) is 5.69 Å². The molecule has 0 atom stereocenters. The first-order valence-corrected chi connectivity index (χ1v) is 5.47. The number of benzene rings is 1. The maximum absolute atomic E-state index is 12.8. The molecule has 1 fully saturated rings. The van der Waals surface area contributed by atoms with Crippen LogP contribution in [0.4, 0.5) is 24.5 Å². The van der Waals surface area contributed by atoms with Crippen LogP contribution < -0.4 is 5.32 Å². The summed E-state index contributed by atoms with van der Waals surface area (Å²) in [5.74, 6) is 0.418. The van der Waals surface area contributed by atoms with E-state index in [-0.39, 0.29) is 5.69 Å². The minimum atomic E-state index is -4.60. The molecule has 7 heteroatoms. The molecule has 1 aliphatic rings. The third-order valence-corrected chi connectivity index (χ3v) is 2.80. The summed E-state index contributed by atoms with van der Waals surface area (Å²) in [6.45, 7) is 0.473. The number of nitrogens with one attached hydrogen (secondary N) is 1. The van der Waals surface area contributed by atoms with Crippen LogP contribution in [0, 0.1) is 16.0 Å². The largest absolute Gasteiger partial charge is 0.418 e. The Bertz CT molecular complexity index is 470. The molecule has 1 aliphatic carbocycles. The zero-order valence-corrected chi connectivity index (χ0v) is 9.33. The molecule has 18 heavy (non-hydrogen) atoms. The predicted octanol–water partition coefficient (Wildman–Crippen LogP) is 3.44. The fourth-order valence-electron chi connectivity index (χ4n) is 1.61. The van der Waals surface area contributed by atoms with Crippen molar-refractivity contribution in [2.75, 3.05) is 11.9 Å².